The highest BCUT2D eigenvalue weighted by atomic mass is 35.5. The Morgan fingerprint density at radius 3 is 2.65 bits per heavy atom. The first kappa shape index (κ1) is 22.2. The maximum absolute atomic E-state index is 12.6. The molecule has 1 saturated heterocycles. The number of carbonyl (C=O) groups is 3. The summed E-state index contributed by atoms with van der Waals surface area (Å²) in [4.78, 5) is 38.0. The molecule has 0 bridgehead atoms. The third-order valence-electron chi connectivity index (χ3n) is 4.18. The second kappa shape index (κ2) is 10.0. The third kappa shape index (κ3) is 5.56. The lowest BCUT2D eigenvalue weighted by Crippen LogP contribution is -2.53. The van der Waals surface area contributed by atoms with Crippen molar-refractivity contribution in [3.05, 3.63) is 77.3 Å². The predicted molar refractivity (Wildman–Crippen MR) is 123 cm³/mol. The molecule has 0 saturated carbocycles. The van der Waals surface area contributed by atoms with Crippen molar-refractivity contribution < 1.29 is 19.1 Å². The first-order valence-electron chi connectivity index (χ1n) is 9.16. The van der Waals surface area contributed by atoms with Crippen molar-refractivity contribution in [3.63, 3.8) is 0 Å². The van der Waals surface area contributed by atoms with Crippen LogP contribution in [0.15, 0.2) is 66.8 Å². The SMILES string of the molecule is C=CCN1C(=O)/C(=C\c2ccc(OCC(=O)Nc3ccccc3)c(Cl)c2)C(=O)NC1=S. The van der Waals surface area contributed by atoms with Crippen molar-refractivity contribution in [1.29, 1.82) is 0 Å². The van der Waals surface area contributed by atoms with Crippen LogP contribution in [0.25, 0.3) is 6.08 Å². The fourth-order valence-electron chi connectivity index (χ4n) is 2.74. The maximum Gasteiger partial charge on any atom is 0.265 e. The summed E-state index contributed by atoms with van der Waals surface area (Å²) in [7, 11) is 0. The van der Waals surface area contributed by atoms with Gasteiger partial charge in [0.2, 0.25) is 0 Å². The number of rotatable bonds is 7. The van der Waals surface area contributed by atoms with E-state index in [9.17, 15) is 14.4 Å². The van der Waals surface area contributed by atoms with E-state index < -0.39 is 11.8 Å². The predicted octanol–water partition coefficient (Wildman–Crippen LogP) is 3.17. The summed E-state index contributed by atoms with van der Waals surface area (Å²) in [6.07, 6.45) is 2.92. The Bertz CT molecular complexity index is 1090. The molecule has 2 N–H and O–H groups in total. The Morgan fingerprint density at radius 1 is 1.23 bits per heavy atom. The highest BCUT2D eigenvalue weighted by Gasteiger charge is 2.32. The Balaban J connectivity index is 1.69. The van der Waals surface area contributed by atoms with Crippen molar-refractivity contribution in [3.8, 4) is 5.75 Å². The summed E-state index contributed by atoms with van der Waals surface area (Å²) in [6.45, 7) is 3.52. The number of anilines is 1. The van der Waals surface area contributed by atoms with Gasteiger partial charge in [0, 0.05) is 12.2 Å². The first-order valence-corrected chi connectivity index (χ1v) is 9.94. The van der Waals surface area contributed by atoms with Gasteiger partial charge in [-0.3, -0.25) is 24.6 Å². The minimum Gasteiger partial charge on any atom is -0.482 e. The van der Waals surface area contributed by atoms with Crippen LogP contribution in [0.1, 0.15) is 5.56 Å². The normalized spacial score (nSPS) is 14.9. The van der Waals surface area contributed by atoms with E-state index in [0.717, 1.165) is 0 Å². The van der Waals surface area contributed by atoms with E-state index in [-0.39, 0.29) is 34.8 Å². The number of hydrogen-bond acceptors (Lipinski definition) is 5. The molecular weight excluding hydrogens is 438 g/mol. The van der Waals surface area contributed by atoms with Crippen LogP contribution >= 0.6 is 23.8 Å². The number of nitrogens with zero attached hydrogens (tertiary/aromatic N) is 1. The quantitative estimate of drug-likeness (QED) is 0.290. The van der Waals surface area contributed by atoms with E-state index >= 15 is 0 Å². The van der Waals surface area contributed by atoms with Crippen LogP contribution in [0, 0.1) is 0 Å². The summed E-state index contributed by atoms with van der Waals surface area (Å²) >= 11 is 11.3. The van der Waals surface area contributed by atoms with Crippen LogP contribution in [0.4, 0.5) is 5.69 Å². The second-order valence-corrected chi connectivity index (χ2v) is 7.21. The average molecular weight is 456 g/mol. The lowest BCUT2D eigenvalue weighted by molar-refractivity contribution is -0.128. The van der Waals surface area contributed by atoms with Crippen LogP contribution in [0.3, 0.4) is 0 Å². The Morgan fingerprint density at radius 2 is 1.97 bits per heavy atom. The first-order chi connectivity index (χ1) is 14.9. The van der Waals surface area contributed by atoms with Gasteiger partial charge in [-0.2, -0.15) is 0 Å². The summed E-state index contributed by atoms with van der Waals surface area (Å²) in [5.74, 6) is -1.16. The van der Waals surface area contributed by atoms with Gasteiger partial charge in [-0.25, -0.2) is 0 Å². The summed E-state index contributed by atoms with van der Waals surface area (Å²) in [5.41, 5.74) is 1.09. The third-order valence-corrected chi connectivity index (χ3v) is 4.80. The lowest BCUT2D eigenvalue weighted by Gasteiger charge is -2.27. The van der Waals surface area contributed by atoms with E-state index in [1.165, 1.54) is 23.1 Å². The number of benzene rings is 2. The Labute approximate surface area is 189 Å². The molecule has 9 heteroatoms. The largest absolute Gasteiger partial charge is 0.482 e. The molecule has 0 aromatic heterocycles. The van der Waals surface area contributed by atoms with Gasteiger partial charge in [-0.1, -0.05) is 41.9 Å². The van der Waals surface area contributed by atoms with E-state index in [0.29, 0.717) is 17.0 Å². The molecule has 3 rings (SSSR count). The van der Waals surface area contributed by atoms with Crippen LogP contribution in [-0.2, 0) is 14.4 Å². The molecule has 1 aliphatic rings. The highest BCUT2D eigenvalue weighted by molar-refractivity contribution is 7.80. The minimum absolute atomic E-state index is 0.0302. The van der Waals surface area contributed by atoms with Crippen molar-refractivity contribution >= 4 is 58.4 Å². The van der Waals surface area contributed by atoms with E-state index in [1.54, 1.807) is 24.3 Å². The van der Waals surface area contributed by atoms with Crippen LogP contribution in [0.5, 0.6) is 5.75 Å². The molecule has 158 valence electrons. The smallest absolute Gasteiger partial charge is 0.265 e. The molecule has 0 unspecified atom stereocenters. The van der Waals surface area contributed by atoms with Gasteiger partial charge in [0.05, 0.1) is 5.02 Å². The zero-order valence-corrected chi connectivity index (χ0v) is 17.8. The number of carbonyl (C=O) groups excluding carboxylic acids is 3. The lowest BCUT2D eigenvalue weighted by atomic mass is 10.1. The molecule has 0 aliphatic carbocycles. The molecule has 2 aromatic rings. The molecule has 0 radical (unpaired) electrons. The molecule has 1 heterocycles. The van der Waals surface area contributed by atoms with Crippen molar-refractivity contribution in [1.82, 2.24) is 10.2 Å². The van der Waals surface area contributed by atoms with Crippen molar-refractivity contribution in [2.24, 2.45) is 0 Å². The molecule has 1 aliphatic heterocycles. The molecule has 0 spiro atoms. The van der Waals surface area contributed by atoms with Gasteiger partial charge in [-0.05, 0) is 48.1 Å². The number of amides is 3. The van der Waals surface area contributed by atoms with Crippen molar-refractivity contribution in [2.75, 3.05) is 18.5 Å². The summed E-state index contributed by atoms with van der Waals surface area (Å²) in [6, 6.07) is 13.7. The van der Waals surface area contributed by atoms with Gasteiger partial charge >= 0.3 is 0 Å². The summed E-state index contributed by atoms with van der Waals surface area (Å²) < 4.78 is 5.47. The number of hydrogen-bond donors (Lipinski definition) is 2. The fourth-order valence-corrected chi connectivity index (χ4v) is 3.24. The van der Waals surface area contributed by atoms with E-state index in [2.05, 4.69) is 17.2 Å². The standard InChI is InChI=1S/C22H18ClN3O4S/c1-2-10-26-21(29)16(20(28)25-22(26)31)11-14-8-9-18(17(23)12-14)30-13-19(27)24-15-6-4-3-5-7-15/h2-9,11-12H,1,10,13H2,(H,24,27)(H,25,28,31)/b16-11-. The molecule has 2 aromatic carbocycles. The summed E-state index contributed by atoms with van der Waals surface area (Å²) in [5, 5.41) is 5.43. The fraction of sp³-hybridized carbons (Fsp3) is 0.0909. The molecule has 3 amide bonds. The van der Waals surface area contributed by atoms with Crippen molar-refractivity contribution in [2.45, 2.75) is 0 Å². The topological polar surface area (TPSA) is 87.7 Å². The van der Waals surface area contributed by atoms with Gasteiger partial charge in [0.25, 0.3) is 17.7 Å². The molecule has 7 nitrogen and oxygen atoms in total. The van der Waals surface area contributed by atoms with E-state index in [1.807, 2.05) is 18.2 Å². The Hall–Kier alpha value is -3.49. The number of thiocarbonyl (C=S) groups is 1. The van der Waals surface area contributed by atoms with Gasteiger partial charge < -0.3 is 10.1 Å². The number of para-hydroxylation sites is 1. The minimum atomic E-state index is -0.593. The monoisotopic (exact) mass is 455 g/mol. The number of ether oxygens (including phenoxy) is 1. The second-order valence-electron chi connectivity index (χ2n) is 6.41. The number of halogens is 1. The zero-order valence-electron chi connectivity index (χ0n) is 16.3. The Kier molecular flexibility index (Phi) is 7.17. The van der Waals surface area contributed by atoms with Crippen LogP contribution < -0.4 is 15.4 Å². The average Bonchev–Trinajstić information content (AvgIpc) is 2.74. The van der Waals surface area contributed by atoms with Crippen LogP contribution in [-0.4, -0.2) is 40.9 Å². The number of nitrogens with one attached hydrogen (secondary N) is 2. The molecule has 31 heavy (non-hydrogen) atoms. The molecular formula is C22H18ClN3O4S. The van der Waals surface area contributed by atoms with Gasteiger partial charge in [0.1, 0.15) is 11.3 Å². The zero-order chi connectivity index (χ0) is 22.4. The van der Waals surface area contributed by atoms with Gasteiger partial charge in [-0.15, -0.1) is 6.58 Å². The molecule has 1 fully saturated rings. The maximum atomic E-state index is 12.6. The van der Waals surface area contributed by atoms with E-state index in [4.69, 9.17) is 28.6 Å². The highest BCUT2D eigenvalue weighted by Crippen LogP contribution is 2.27. The van der Waals surface area contributed by atoms with Gasteiger partial charge in [0.15, 0.2) is 11.7 Å². The van der Waals surface area contributed by atoms with Crippen LogP contribution in [0.2, 0.25) is 5.02 Å². The molecule has 0 atom stereocenters.